The van der Waals surface area contributed by atoms with E-state index >= 15 is 0 Å². The first-order valence-corrected chi connectivity index (χ1v) is 9.44. The van der Waals surface area contributed by atoms with Crippen LogP contribution < -0.4 is 5.32 Å². The number of hydrogen-bond donors (Lipinski definition) is 1. The molecule has 7 heteroatoms. The first kappa shape index (κ1) is 18.0. The molecule has 25 heavy (non-hydrogen) atoms. The molecule has 1 fully saturated rings. The highest BCUT2D eigenvalue weighted by molar-refractivity contribution is 9.10. The number of benzene rings is 2. The second-order valence-electron chi connectivity index (χ2n) is 5.43. The Morgan fingerprint density at radius 1 is 1.24 bits per heavy atom. The number of amides is 2. The molecule has 0 unspecified atom stereocenters. The van der Waals surface area contributed by atoms with Crippen LogP contribution in [0.4, 0.5) is 10.5 Å². The van der Waals surface area contributed by atoms with Crippen LogP contribution in [0, 0.1) is 6.92 Å². The molecule has 128 valence electrons. The van der Waals surface area contributed by atoms with E-state index < -0.39 is 0 Å². The molecule has 2 aromatic carbocycles. The average molecular weight is 438 g/mol. The quantitative estimate of drug-likeness (QED) is 0.640. The Morgan fingerprint density at radius 2 is 2.00 bits per heavy atom. The van der Waals surface area contributed by atoms with Gasteiger partial charge in [-0.25, -0.2) is 0 Å². The molecule has 1 N–H and O–H groups in total. The van der Waals surface area contributed by atoms with Crippen molar-refractivity contribution in [2.75, 3.05) is 12.0 Å². The van der Waals surface area contributed by atoms with Gasteiger partial charge in [0.2, 0.25) is 0 Å². The number of carbonyl (C=O) groups is 2. The molecule has 0 spiro atoms. The summed E-state index contributed by atoms with van der Waals surface area (Å²) in [5, 5.41) is 3.37. The fourth-order valence-corrected chi connectivity index (χ4v) is 3.85. The number of hydrogen-bond acceptors (Lipinski definition) is 4. The van der Waals surface area contributed by atoms with Crippen LogP contribution in [0.15, 0.2) is 51.8 Å². The maximum atomic E-state index is 12.5. The number of thioether (sulfide) groups is 1. The van der Waals surface area contributed by atoms with E-state index in [1.54, 1.807) is 18.2 Å². The zero-order chi connectivity index (χ0) is 18.0. The standard InChI is InChI=1S/C18H14BrClN2O2S/c1-11-8-13(19)6-7-15(11)21-10-22-17(23)16(25-18(22)24)9-12-4-2-3-5-14(12)20/h2-9,21H,10H2,1H3/b16-9+. The monoisotopic (exact) mass is 436 g/mol. The number of nitrogens with zero attached hydrogens (tertiary/aromatic N) is 1. The van der Waals surface area contributed by atoms with Gasteiger partial charge in [-0.1, -0.05) is 45.7 Å². The van der Waals surface area contributed by atoms with Crippen molar-refractivity contribution in [1.29, 1.82) is 0 Å². The van der Waals surface area contributed by atoms with E-state index in [-0.39, 0.29) is 17.8 Å². The number of anilines is 1. The maximum Gasteiger partial charge on any atom is 0.295 e. The van der Waals surface area contributed by atoms with E-state index in [1.165, 1.54) is 4.90 Å². The van der Waals surface area contributed by atoms with Crippen molar-refractivity contribution in [2.24, 2.45) is 0 Å². The van der Waals surface area contributed by atoms with Crippen LogP contribution in [0.5, 0.6) is 0 Å². The maximum absolute atomic E-state index is 12.5. The van der Waals surface area contributed by atoms with Crippen molar-refractivity contribution in [3.05, 3.63) is 68.0 Å². The molecular formula is C18H14BrClN2O2S. The Kier molecular flexibility index (Phi) is 5.51. The smallest absolute Gasteiger partial charge is 0.295 e. The average Bonchev–Trinajstić information content (AvgIpc) is 2.83. The van der Waals surface area contributed by atoms with E-state index in [9.17, 15) is 9.59 Å². The largest absolute Gasteiger partial charge is 0.367 e. The number of imide groups is 1. The normalized spacial score (nSPS) is 16.0. The lowest BCUT2D eigenvalue weighted by atomic mass is 10.2. The molecule has 0 aliphatic carbocycles. The highest BCUT2D eigenvalue weighted by Gasteiger charge is 2.34. The summed E-state index contributed by atoms with van der Waals surface area (Å²) in [6, 6.07) is 13.0. The van der Waals surface area contributed by atoms with Crippen LogP contribution in [-0.4, -0.2) is 22.7 Å². The molecule has 0 saturated carbocycles. The Hall–Kier alpha value is -1.76. The van der Waals surface area contributed by atoms with Gasteiger partial charge in [-0.3, -0.25) is 14.5 Å². The van der Waals surface area contributed by atoms with E-state index in [2.05, 4.69) is 21.2 Å². The van der Waals surface area contributed by atoms with Crippen LogP contribution in [0.25, 0.3) is 6.08 Å². The van der Waals surface area contributed by atoms with Crippen LogP contribution in [0.2, 0.25) is 5.02 Å². The summed E-state index contributed by atoms with van der Waals surface area (Å²) in [7, 11) is 0. The summed E-state index contributed by atoms with van der Waals surface area (Å²) in [6.45, 7) is 2.07. The van der Waals surface area contributed by atoms with Crippen molar-refractivity contribution in [2.45, 2.75) is 6.92 Å². The number of nitrogens with one attached hydrogen (secondary N) is 1. The Balaban J connectivity index is 1.74. The molecule has 0 bridgehead atoms. The van der Waals surface area contributed by atoms with Crippen LogP contribution in [0.1, 0.15) is 11.1 Å². The van der Waals surface area contributed by atoms with E-state index in [4.69, 9.17) is 11.6 Å². The van der Waals surface area contributed by atoms with Crippen molar-refractivity contribution in [1.82, 2.24) is 4.90 Å². The zero-order valence-corrected chi connectivity index (χ0v) is 16.4. The van der Waals surface area contributed by atoms with Crippen LogP contribution in [-0.2, 0) is 4.79 Å². The fraction of sp³-hybridized carbons (Fsp3) is 0.111. The molecule has 4 nitrogen and oxygen atoms in total. The third-order valence-electron chi connectivity index (χ3n) is 3.68. The van der Waals surface area contributed by atoms with Crippen molar-refractivity contribution >= 4 is 62.2 Å². The molecule has 0 atom stereocenters. The minimum atomic E-state index is -0.322. The third-order valence-corrected chi connectivity index (χ3v) is 5.43. The molecule has 3 rings (SSSR count). The summed E-state index contributed by atoms with van der Waals surface area (Å²) in [6.07, 6.45) is 1.65. The first-order valence-electron chi connectivity index (χ1n) is 7.45. The fourth-order valence-electron chi connectivity index (χ4n) is 2.36. The van der Waals surface area contributed by atoms with Gasteiger partial charge in [0.05, 0.1) is 11.6 Å². The molecule has 0 radical (unpaired) electrons. The van der Waals surface area contributed by atoms with Crippen molar-refractivity contribution in [3.8, 4) is 0 Å². The molecule has 0 aromatic heterocycles. The third kappa shape index (κ3) is 4.08. The lowest BCUT2D eigenvalue weighted by Crippen LogP contribution is -2.33. The van der Waals surface area contributed by atoms with Gasteiger partial charge in [0.15, 0.2) is 0 Å². The van der Waals surface area contributed by atoms with Gasteiger partial charge in [0.1, 0.15) is 0 Å². The SMILES string of the molecule is Cc1cc(Br)ccc1NCN1C(=O)S/C(=C/c2ccccc2Cl)C1=O. The summed E-state index contributed by atoms with van der Waals surface area (Å²) in [4.78, 5) is 26.3. The van der Waals surface area contributed by atoms with Gasteiger partial charge in [0, 0.05) is 15.2 Å². The number of aryl methyl sites for hydroxylation is 1. The predicted octanol–water partition coefficient (Wildman–Crippen LogP) is 5.52. The van der Waals surface area contributed by atoms with Gasteiger partial charge in [-0.05, 0) is 60.2 Å². The van der Waals surface area contributed by atoms with Crippen molar-refractivity contribution < 1.29 is 9.59 Å². The lowest BCUT2D eigenvalue weighted by Gasteiger charge is -2.16. The predicted molar refractivity (Wildman–Crippen MR) is 107 cm³/mol. The molecule has 1 aliphatic heterocycles. The van der Waals surface area contributed by atoms with Crippen LogP contribution in [0.3, 0.4) is 0 Å². The second kappa shape index (κ2) is 7.64. The first-order chi connectivity index (χ1) is 12.0. The Morgan fingerprint density at radius 3 is 2.72 bits per heavy atom. The molecule has 1 heterocycles. The Bertz CT molecular complexity index is 885. The minimum Gasteiger partial charge on any atom is -0.367 e. The summed E-state index contributed by atoms with van der Waals surface area (Å²) >= 11 is 10.4. The summed E-state index contributed by atoms with van der Waals surface area (Å²) in [5.41, 5.74) is 2.61. The van der Waals surface area contributed by atoms with E-state index in [1.807, 2.05) is 37.3 Å². The van der Waals surface area contributed by atoms with Gasteiger partial charge >= 0.3 is 0 Å². The van der Waals surface area contributed by atoms with Gasteiger partial charge in [-0.15, -0.1) is 0 Å². The lowest BCUT2D eigenvalue weighted by molar-refractivity contribution is -0.122. The molecule has 2 amide bonds. The highest BCUT2D eigenvalue weighted by Crippen LogP contribution is 2.33. The zero-order valence-electron chi connectivity index (χ0n) is 13.3. The Labute approximate surface area is 163 Å². The number of carbonyl (C=O) groups excluding carboxylic acids is 2. The molecule has 2 aromatic rings. The van der Waals surface area contributed by atoms with Gasteiger partial charge < -0.3 is 5.32 Å². The van der Waals surface area contributed by atoms with Crippen LogP contribution >= 0.6 is 39.3 Å². The number of halogens is 2. The molecule has 1 aliphatic rings. The highest BCUT2D eigenvalue weighted by atomic mass is 79.9. The van der Waals surface area contributed by atoms with E-state index in [0.29, 0.717) is 15.5 Å². The van der Waals surface area contributed by atoms with E-state index in [0.717, 1.165) is 27.5 Å². The van der Waals surface area contributed by atoms with Gasteiger partial charge in [-0.2, -0.15) is 0 Å². The number of rotatable bonds is 4. The van der Waals surface area contributed by atoms with Crippen molar-refractivity contribution in [3.63, 3.8) is 0 Å². The molecular weight excluding hydrogens is 424 g/mol. The summed E-state index contributed by atoms with van der Waals surface area (Å²) < 4.78 is 0.976. The minimum absolute atomic E-state index is 0.118. The second-order valence-corrected chi connectivity index (χ2v) is 7.74. The van der Waals surface area contributed by atoms with Gasteiger partial charge in [0.25, 0.3) is 11.1 Å². The molecule has 1 saturated heterocycles. The topological polar surface area (TPSA) is 49.4 Å². The summed E-state index contributed by atoms with van der Waals surface area (Å²) in [5.74, 6) is -0.322.